The minimum atomic E-state index is 0.0625. The Labute approximate surface area is 166 Å². The first-order valence-corrected chi connectivity index (χ1v) is 12.3. The summed E-state index contributed by atoms with van der Waals surface area (Å²) in [5.41, 5.74) is 0. The number of unbranched alkanes of at least 4 members (excludes halogenated alkanes) is 16. The Balaban J connectivity index is 3.49. The van der Waals surface area contributed by atoms with Gasteiger partial charge >= 0.3 is 0 Å². The molecule has 0 aliphatic heterocycles. The fourth-order valence-electron chi connectivity index (χ4n) is 3.85. The molecule has 0 aromatic heterocycles. The first kappa shape index (κ1) is 25.9. The standard InChI is InChI=1S/C24H51NO/c1-4-7-9-11-13-15-17-19-21-23-25(26,6-3)24-22-20-18-16-14-12-10-8-5-2/h4-24H2,1-3H3. The minimum absolute atomic E-state index is 0.0625. The van der Waals surface area contributed by atoms with Crippen molar-refractivity contribution in [2.24, 2.45) is 0 Å². The number of rotatable bonds is 21. The lowest BCUT2D eigenvalue weighted by Crippen LogP contribution is -2.43. The molecule has 0 saturated carbocycles. The third-order valence-corrected chi connectivity index (χ3v) is 5.91. The number of hydrogen-bond donors (Lipinski definition) is 0. The Morgan fingerprint density at radius 2 is 0.692 bits per heavy atom. The van der Waals surface area contributed by atoms with E-state index in [2.05, 4.69) is 20.8 Å². The summed E-state index contributed by atoms with van der Waals surface area (Å²) in [6.07, 6.45) is 24.0. The van der Waals surface area contributed by atoms with Crippen LogP contribution in [-0.4, -0.2) is 24.3 Å². The summed E-state index contributed by atoms with van der Waals surface area (Å²) in [7, 11) is 0. The highest BCUT2D eigenvalue weighted by Gasteiger charge is 2.13. The molecule has 0 bridgehead atoms. The summed E-state index contributed by atoms with van der Waals surface area (Å²) in [4.78, 5) is 0. The van der Waals surface area contributed by atoms with Crippen molar-refractivity contribution < 1.29 is 4.65 Å². The van der Waals surface area contributed by atoms with E-state index in [4.69, 9.17) is 0 Å². The van der Waals surface area contributed by atoms with E-state index in [1.54, 1.807) is 0 Å². The van der Waals surface area contributed by atoms with E-state index in [1.165, 1.54) is 103 Å². The van der Waals surface area contributed by atoms with Crippen LogP contribution in [0.4, 0.5) is 0 Å². The largest absolute Gasteiger partial charge is 0.633 e. The van der Waals surface area contributed by atoms with E-state index in [1.807, 2.05) is 0 Å². The van der Waals surface area contributed by atoms with E-state index >= 15 is 0 Å². The van der Waals surface area contributed by atoms with Gasteiger partial charge in [-0.1, -0.05) is 104 Å². The van der Waals surface area contributed by atoms with E-state index in [9.17, 15) is 5.21 Å². The Bertz CT molecular complexity index is 245. The second-order valence-corrected chi connectivity index (χ2v) is 8.48. The smallest absolute Gasteiger partial charge is 0.0783 e. The second kappa shape index (κ2) is 19.7. The van der Waals surface area contributed by atoms with Crippen LogP contribution in [0, 0.1) is 5.21 Å². The topological polar surface area (TPSA) is 23.1 Å². The van der Waals surface area contributed by atoms with Gasteiger partial charge in [-0.2, -0.15) is 0 Å². The second-order valence-electron chi connectivity index (χ2n) is 8.48. The van der Waals surface area contributed by atoms with E-state index < -0.39 is 0 Å². The summed E-state index contributed by atoms with van der Waals surface area (Å²) in [6.45, 7) is 9.08. The highest BCUT2D eigenvalue weighted by Crippen LogP contribution is 2.15. The molecule has 26 heavy (non-hydrogen) atoms. The molecule has 0 aromatic carbocycles. The molecule has 0 atom stereocenters. The van der Waals surface area contributed by atoms with Crippen molar-refractivity contribution in [1.82, 2.24) is 0 Å². The minimum Gasteiger partial charge on any atom is -0.633 e. The predicted molar refractivity (Wildman–Crippen MR) is 118 cm³/mol. The summed E-state index contributed by atoms with van der Waals surface area (Å²) < 4.78 is 0.0625. The van der Waals surface area contributed by atoms with Crippen molar-refractivity contribution >= 4 is 0 Å². The van der Waals surface area contributed by atoms with Gasteiger partial charge in [-0.25, -0.2) is 0 Å². The third-order valence-electron chi connectivity index (χ3n) is 5.91. The molecular formula is C24H51NO. The van der Waals surface area contributed by atoms with Crippen molar-refractivity contribution in [2.75, 3.05) is 19.6 Å². The van der Waals surface area contributed by atoms with Gasteiger partial charge < -0.3 is 9.85 Å². The molecule has 0 N–H and O–H groups in total. The maximum Gasteiger partial charge on any atom is 0.0783 e. The van der Waals surface area contributed by atoms with Crippen LogP contribution in [0.1, 0.15) is 136 Å². The summed E-state index contributed by atoms with van der Waals surface area (Å²) in [5, 5.41) is 12.8. The Morgan fingerprint density at radius 3 is 0.962 bits per heavy atom. The molecule has 0 rings (SSSR count). The van der Waals surface area contributed by atoms with E-state index in [0.29, 0.717) is 0 Å². The van der Waals surface area contributed by atoms with Gasteiger partial charge in [0.15, 0.2) is 0 Å². The highest BCUT2D eigenvalue weighted by molar-refractivity contribution is 4.51. The lowest BCUT2D eigenvalue weighted by Gasteiger charge is -2.42. The van der Waals surface area contributed by atoms with Crippen molar-refractivity contribution in [3.8, 4) is 0 Å². The van der Waals surface area contributed by atoms with Gasteiger partial charge in [0.05, 0.1) is 19.6 Å². The molecule has 2 heteroatoms. The zero-order chi connectivity index (χ0) is 19.3. The summed E-state index contributed by atoms with van der Waals surface area (Å²) >= 11 is 0. The number of nitrogens with zero attached hydrogens (tertiary/aromatic N) is 1. The molecular weight excluding hydrogens is 318 g/mol. The fraction of sp³-hybridized carbons (Fsp3) is 1.00. The van der Waals surface area contributed by atoms with Gasteiger partial charge in [-0.05, 0) is 32.6 Å². The Kier molecular flexibility index (Phi) is 19.6. The van der Waals surface area contributed by atoms with Crippen LogP contribution < -0.4 is 0 Å². The quantitative estimate of drug-likeness (QED) is 0.113. The Morgan fingerprint density at radius 1 is 0.423 bits per heavy atom. The van der Waals surface area contributed by atoms with Gasteiger partial charge in [0, 0.05) is 0 Å². The lowest BCUT2D eigenvalue weighted by atomic mass is 10.1. The molecule has 0 aromatic rings. The first-order chi connectivity index (χ1) is 12.7. The van der Waals surface area contributed by atoms with Crippen LogP contribution in [0.25, 0.3) is 0 Å². The maximum atomic E-state index is 12.8. The highest BCUT2D eigenvalue weighted by atomic mass is 16.5. The first-order valence-electron chi connectivity index (χ1n) is 12.3. The van der Waals surface area contributed by atoms with Crippen molar-refractivity contribution in [2.45, 2.75) is 136 Å². The number of quaternary nitrogens is 1. The Hall–Kier alpha value is -0.0800. The normalized spacial score (nSPS) is 12.0. The average Bonchev–Trinajstić information content (AvgIpc) is 2.65. The molecule has 0 fully saturated rings. The molecule has 158 valence electrons. The van der Waals surface area contributed by atoms with Crippen molar-refractivity contribution in [3.63, 3.8) is 0 Å². The van der Waals surface area contributed by atoms with Crippen LogP contribution in [-0.2, 0) is 0 Å². The van der Waals surface area contributed by atoms with Gasteiger partial charge in [-0.15, -0.1) is 0 Å². The average molecular weight is 370 g/mol. The zero-order valence-corrected chi connectivity index (χ0v) is 18.7. The maximum absolute atomic E-state index is 12.8. The molecule has 0 aliphatic rings. The third kappa shape index (κ3) is 17.3. The molecule has 0 saturated heterocycles. The zero-order valence-electron chi connectivity index (χ0n) is 18.7. The van der Waals surface area contributed by atoms with Gasteiger partial charge in [0.1, 0.15) is 0 Å². The van der Waals surface area contributed by atoms with Crippen LogP contribution in [0.2, 0.25) is 0 Å². The van der Waals surface area contributed by atoms with Gasteiger partial charge in [0.25, 0.3) is 0 Å². The SMILES string of the molecule is CCCCCCCCCCC[N+]([O-])(CC)CCCCCCCCCCC. The van der Waals surface area contributed by atoms with Crippen LogP contribution >= 0.6 is 0 Å². The lowest BCUT2D eigenvalue weighted by molar-refractivity contribution is -0.879. The van der Waals surface area contributed by atoms with Crippen molar-refractivity contribution in [3.05, 3.63) is 5.21 Å². The molecule has 0 aliphatic carbocycles. The summed E-state index contributed by atoms with van der Waals surface area (Å²) in [5.74, 6) is 0. The number of hydroxylamine groups is 3. The van der Waals surface area contributed by atoms with Crippen LogP contribution in [0.15, 0.2) is 0 Å². The molecule has 0 radical (unpaired) electrons. The summed E-state index contributed by atoms with van der Waals surface area (Å²) in [6, 6.07) is 0. The predicted octanol–water partition coefficient (Wildman–Crippen LogP) is 8.38. The van der Waals surface area contributed by atoms with E-state index in [0.717, 1.165) is 32.5 Å². The van der Waals surface area contributed by atoms with Gasteiger partial charge in [0.2, 0.25) is 0 Å². The van der Waals surface area contributed by atoms with E-state index in [-0.39, 0.29) is 4.65 Å². The van der Waals surface area contributed by atoms with Crippen LogP contribution in [0.5, 0.6) is 0 Å². The van der Waals surface area contributed by atoms with Crippen molar-refractivity contribution in [1.29, 1.82) is 0 Å². The number of hydrogen-bond acceptors (Lipinski definition) is 1. The molecule has 2 nitrogen and oxygen atoms in total. The molecule has 0 unspecified atom stereocenters. The fourth-order valence-corrected chi connectivity index (χ4v) is 3.85. The van der Waals surface area contributed by atoms with Crippen LogP contribution in [0.3, 0.4) is 0 Å². The molecule has 0 spiro atoms. The molecule has 0 heterocycles. The molecule has 0 amide bonds. The van der Waals surface area contributed by atoms with Gasteiger partial charge in [-0.3, -0.25) is 0 Å². The monoisotopic (exact) mass is 369 g/mol.